The van der Waals surface area contributed by atoms with Crippen LogP contribution in [0.15, 0.2) is 94.9 Å². The van der Waals surface area contributed by atoms with Gasteiger partial charge in [0, 0.05) is 12.0 Å². The Hall–Kier alpha value is -3.48. The Bertz CT molecular complexity index is 1490. The van der Waals surface area contributed by atoms with Gasteiger partial charge in [0.15, 0.2) is 0 Å². The number of hydrogen-bond donors (Lipinski definition) is 1. The van der Waals surface area contributed by atoms with E-state index in [1.54, 1.807) is 12.1 Å². The second kappa shape index (κ2) is 8.14. The highest BCUT2D eigenvalue weighted by Crippen LogP contribution is 2.40. The van der Waals surface area contributed by atoms with Crippen molar-refractivity contribution in [3.05, 3.63) is 107 Å². The number of benzene rings is 4. The average molecular weight is 456 g/mol. The number of nitrogens with two attached hydrogens (primary N) is 1. The van der Waals surface area contributed by atoms with Gasteiger partial charge >= 0.3 is 0 Å². The van der Waals surface area contributed by atoms with Gasteiger partial charge in [-0.2, -0.15) is 5.10 Å². The lowest BCUT2D eigenvalue weighted by atomic mass is 9.92. The summed E-state index contributed by atoms with van der Waals surface area (Å²) in [6, 6.07) is 27.7. The van der Waals surface area contributed by atoms with Gasteiger partial charge < -0.3 is 0 Å². The molecule has 166 valence electrons. The third-order valence-corrected chi connectivity index (χ3v) is 7.14. The van der Waals surface area contributed by atoms with Crippen LogP contribution in [0.1, 0.15) is 34.7 Å². The van der Waals surface area contributed by atoms with Gasteiger partial charge in [-0.25, -0.2) is 13.6 Å². The lowest BCUT2D eigenvalue weighted by Gasteiger charge is -2.25. The third kappa shape index (κ3) is 4.03. The van der Waals surface area contributed by atoms with Crippen molar-refractivity contribution < 1.29 is 8.42 Å². The number of sulfonamides is 1. The van der Waals surface area contributed by atoms with Crippen LogP contribution >= 0.6 is 0 Å². The summed E-state index contributed by atoms with van der Waals surface area (Å²) in [5.41, 5.74) is 6.57. The smallest absolute Gasteiger partial charge is 0.238 e. The van der Waals surface area contributed by atoms with Crippen LogP contribution in [0.3, 0.4) is 0 Å². The first kappa shape index (κ1) is 21.4. The van der Waals surface area contributed by atoms with Gasteiger partial charge in [0.25, 0.3) is 0 Å². The molecule has 0 fully saturated rings. The van der Waals surface area contributed by atoms with Crippen molar-refractivity contribution >= 4 is 32.2 Å². The summed E-state index contributed by atoms with van der Waals surface area (Å²) in [7, 11) is -3.76. The molecular weight excluding hydrogens is 430 g/mol. The predicted molar refractivity (Wildman–Crippen MR) is 134 cm³/mol. The number of primary sulfonamides is 1. The predicted octanol–water partition coefficient (Wildman–Crippen LogP) is 5.46. The van der Waals surface area contributed by atoms with E-state index in [4.69, 9.17) is 10.2 Å². The molecule has 0 aliphatic carbocycles. The van der Waals surface area contributed by atoms with Crippen molar-refractivity contribution in [3.8, 4) is 0 Å². The Morgan fingerprint density at radius 3 is 2.36 bits per heavy atom. The number of hydrogen-bond acceptors (Lipinski definition) is 4. The summed E-state index contributed by atoms with van der Waals surface area (Å²) >= 11 is 0. The van der Waals surface area contributed by atoms with Gasteiger partial charge in [-0.05, 0) is 60.0 Å². The molecule has 0 saturated carbocycles. The first-order valence-electron chi connectivity index (χ1n) is 10.9. The molecule has 1 aliphatic rings. The first-order chi connectivity index (χ1) is 15.8. The summed E-state index contributed by atoms with van der Waals surface area (Å²) in [6.07, 6.45) is 0.745. The Morgan fingerprint density at radius 2 is 1.64 bits per heavy atom. The maximum Gasteiger partial charge on any atom is 0.238 e. The van der Waals surface area contributed by atoms with Gasteiger partial charge in [0.2, 0.25) is 10.0 Å². The largest absolute Gasteiger partial charge is 0.257 e. The molecule has 0 aromatic heterocycles. The topological polar surface area (TPSA) is 75.8 Å². The molecule has 1 aliphatic heterocycles. The van der Waals surface area contributed by atoms with Crippen molar-refractivity contribution in [2.24, 2.45) is 10.2 Å². The second-order valence-electron chi connectivity index (χ2n) is 8.54. The van der Waals surface area contributed by atoms with Crippen LogP contribution in [0.4, 0.5) is 5.69 Å². The van der Waals surface area contributed by atoms with E-state index in [1.165, 1.54) is 39.6 Å². The van der Waals surface area contributed by atoms with E-state index < -0.39 is 10.0 Å². The molecule has 4 aromatic carbocycles. The van der Waals surface area contributed by atoms with Crippen molar-refractivity contribution in [1.82, 2.24) is 0 Å². The van der Waals surface area contributed by atoms with E-state index in [2.05, 4.69) is 68.4 Å². The summed E-state index contributed by atoms with van der Waals surface area (Å²) < 4.78 is 23.5. The number of fused-ring (bicyclic) bond motifs is 1. The molecule has 0 amide bonds. The van der Waals surface area contributed by atoms with Gasteiger partial charge in [0.05, 0.1) is 22.3 Å². The number of rotatable bonds is 4. The third-order valence-electron chi connectivity index (χ3n) is 6.22. The number of anilines is 1. The van der Waals surface area contributed by atoms with Crippen LogP contribution in [0.2, 0.25) is 0 Å². The van der Waals surface area contributed by atoms with Crippen LogP contribution in [0.25, 0.3) is 10.8 Å². The highest BCUT2D eigenvalue weighted by atomic mass is 32.2. The highest BCUT2D eigenvalue weighted by molar-refractivity contribution is 7.89. The summed E-state index contributed by atoms with van der Waals surface area (Å²) in [4.78, 5) is 0.0886. The van der Waals surface area contributed by atoms with Gasteiger partial charge in [-0.1, -0.05) is 66.2 Å². The van der Waals surface area contributed by atoms with E-state index >= 15 is 0 Å². The van der Waals surface area contributed by atoms with Gasteiger partial charge in [0.1, 0.15) is 0 Å². The summed E-state index contributed by atoms with van der Waals surface area (Å²) in [5.74, 6) is 0. The molecule has 1 atom stereocenters. The zero-order valence-electron chi connectivity index (χ0n) is 18.6. The Balaban J connectivity index is 1.64. The standard InChI is InChI=1S/C27H25N3O2S/c1-18-10-15-23(19(2)16-18)26-17-27(25-9-5-7-20-6-3-4-8-24(20)25)30(29-26)21-11-13-22(14-12-21)33(28,31)32/h3-16,27H,17H2,1-2H3,(H2,28,31,32). The minimum absolute atomic E-state index is 0.0212. The zero-order valence-corrected chi connectivity index (χ0v) is 19.4. The molecule has 2 N–H and O–H groups in total. The Morgan fingerprint density at radius 1 is 0.909 bits per heavy atom. The van der Waals surface area contributed by atoms with Crippen molar-refractivity contribution in [3.63, 3.8) is 0 Å². The molecule has 0 bridgehead atoms. The van der Waals surface area contributed by atoms with E-state index in [-0.39, 0.29) is 10.9 Å². The SMILES string of the molecule is Cc1ccc(C2=NN(c3ccc(S(N)(=O)=O)cc3)C(c3cccc4ccccc34)C2)c(C)c1. The minimum Gasteiger partial charge on any atom is -0.257 e. The fraction of sp³-hybridized carbons (Fsp3) is 0.148. The molecule has 1 heterocycles. The minimum atomic E-state index is -3.76. The molecule has 5 nitrogen and oxygen atoms in total. The van der Waals surface area contributed by atoms with Crippen LogP contribution in [-0.4, -0.2) is 14.1 Å². The van der Waals surface area contributed by atoms with Crippen LogP contribution < -0.4 is 10.1 Å². The van der Waals surface area contributed by atoms with Gasteiger partial charge in [-0.15, -0.1) is 0 Å². The number of aryl methyl sites for hydroxylation is 2. The monoisotopic (exact) mass is 455 g/mol. The molecule has 4 aromatic rings. The molecule has 0 spiro atoms. The Kier molecular flexibility index (Phi) is 5.27. The average Bonchev–Trinajstić information content (AvgIpc) is 3.23. The molecule has 5 rings (SSSR count). The maximum atomic E-state index is 11.7. The molecule has 0 saturated heterocycles. The molecule has 1 unspecified atom stereocenters. The van der Waals surface area contributed by atoms with Crippen molar-refractivity contribution in [2.45, 2.75) is 31.2 Å². The fourth-order valence-electron chi connectivity index (χ4n) is 4.62. The molecule has 6 heteroatoms. The quantitative estimate of drug-likeness (QED) is 0.444. The van der Waals surface area contributed by atoms with Crippen molar-refractivity contribution in [1.29, 1.82) is 0 Å². The summed E-state index contributed by atoms with van der Waals surface area (Å²) in [6.45, 7) is 4.20. The van der Waals surface area contributed by atoms with Crippen molar-refractivity contribution in [2.75, 3.05) is 5.01 Å². The molecular formula is C27H25N3O2S. The van der Waals surface area contributed by atoms with E-state index in [0.29, 0.717) is 0 Å². The molecule has 33 heavy (non-hydrogen) atoms. The van der Waals surface area contributed by atoms with Gasteiger partial charge in [-0.3, -0.25) is 5.01 Å². The lowest BCUT2D eigenvalue weighted by Crippen LogP contribution is -2.19. The van der Waals surface area contributed by atoms with Crippen LogP contribution in [-0.2, 0) is 10.0 Å². The second-order valence-corrected chi connectivity index (χ2v) is 10.1. The Labute approximate surface area is 194 Å². The lowest BCUT2D eigenvalue weighted by molar-refractivity contribution is 0.598. The van der Waals surface area contributed by atoms with E-state index in [0.717, 1.165) is 23.4 Å². The van der Waals surface area contributed by atoms with E-state index in [9.17, 15) is 8.42 Å². The maximum absolute atomic E-state index is 11.7. The summed E-state index contributed by atoms with van der Waals surface area (Å²) in [5, 5.41) is 14.7. The molecule has 0 radical (unpaired) electrons. The first-order valence-corrected chi connectivity index (χ1v) is 12.4. The zero-order chi connectivity index (χ0) is 23.2. The number of nitrogens with zero attached hydrogens (tertiary/aromatic N) is 2. The van der Waals surface area contributed by atoms with E-state index in [1.807, 2.05) is 11.1 Å². The number of hydrazone groups is 1. The normalized spacial score (nSPS) is 16.3. The van der Waals surface area contributed by atoms with Crippen LogP contribution in [0, 0.1) is 13.8 Å². The highest BCUT2D eigenvalue weighted by Gasteiger charge is 2.31. The fourth-order valence-corrected chi connectivity index (χ4v) is 5.14. The van der Waals surface area contributed by atoms with Crippen LogP contribution in [0.5, 0.6) is 0 Å².